The van der Waals surface area contributed by atoms with E-state index in [1.807, 2.05) is 18.4 Å². The van der Waals surface area contributed by atoms with Crippen LogP contribution < -0.4 is 11.1 Å². The van der Waals surface area contributed by atoms with Crippen molar-refractivity contribution < 1.29 is 0 Å². The lowest BCUT2D eigenvalue weighted by molar-refractivity contribution is 0.975. The van der Waals surface area contributed by atoms with E-state index in [0.717, 1.165) is 12.2 Å². The summed E-state index contributed by atoms with van der Waals surface area (Å²) in [6.07, 6.45) is 6.74. The van der Waals surface area contributed by atoms with Crippen LogP contribution in [-0.2, 0) is 0 Å². The third kappa shape index (κ3) is 0.961. The van der Waals surface area contributed by atoms with Crippen LogP contribution in [0.15, 0.2) is 24.2 Å². The Morgan fingerprint density at radius 3 is 2.86 bits per heavy atom. The molecule has 0 saturated carbocycles. The molecule has 1 heterocycles. The maximum atomic E-state index is 5.33. The molecule has 0 atom stereocenters. The molecule has 0 saturated heterocycles. The monoisotopic (exact) mass is 96.1 g/mol. The molecule has 0 radical (unpaired) electrons. The first-order valence-corrected chi connectivity index (χ1v) is 2.27. The van der Waals surface area contributed by atoms with E-state index >= 15 is 0 Å². The van der Waals surface area contributed by atoms with E-state index in [0.29, 0.717) is 0 Å². The summed E-state index contributed by atoms with van der Waals surface area (Å²) >= 11 is 0. The highest BCUT2D eigenvalue weighted by Gasteiger charge is 1.85. The standard InChI is InChI=1S/C5H8N2/c6-5-3-1-2-4-7-5/h2-4,7H,1,6H2. The minimum absolute atomic E-state index is 0.752. The molecule has 0 unspecified atom stereocenters. The normalized spacial score (nSPS) is 18.0. The topological polar surface area (TPSA) is 38.0 Å². The number of rotatable bonds is 0. The minimum atomic E-state index is 0.752. The smallest absolute Gasteiger partial charge is 0.0962 e. The second-order valence-corrected chi connectivity index (χ2v) is 1.44. The zero-order chi connectivity index (χ0) is 5.11. The van der Waals surface area contributed by atoms with Gasteiger partial charge in [0, 0.05) is 0 Å². The minimum Gasteiger partial charge on any atom is -0.386 e. The zero-order valence-corrected chi connectivity index (χ0v) is 4.02. The van der Waals surface area contributed by atoms with Crippen molar-refractivity contribution in [2.45, 2.75) is 6.42 Å². The molecule has 7 heavy (non-hydrogen) atoms. The van der Waals surface area contributed by atoms with Gasteiger partial charge in [-0.1, -0.05) is 6.08 Å². The molecule has 2 nitrogen and oxygen atoms in total. The Balaban J connectivity index is 2.50. The highest BCUT2D eigenvalue weighted by atomic mass is 15.0. The third-order valence-electron chi connectivity index (χ3n) is 0.842. The van der Waals surface area contributed by atoms with E-state index in [1.54, 1.807) is 0 Å². The van der Waals surface area contributed by atoms with Crippen molar-refractivity contribution in [3.63, 3.8) is 0 Å². The van der Waals surface area contributed by atoms with Crippen LogP contribution in [0.3, 0.4) is 0 Å². The molecule has 0 aromatic rings. The van der Waals surface area contributed by atoms with Crippen LogP contribution in [0.2, 0.25) is 0 Å². The average Bonchev–Trinajstić information content (AvgIpc) is 1.69. The number of hydrogen-bond acceptors (Lipinski definition) is 2. The van der Waals surface area contributed by atoms with E-state index < -0.39 is 0 Å². The maximum Gasteiger partial charge on any atom is 0.0962 e. The number of nitrogens with one attached hydrogen (secondary N) is 1. The molecule has 2 heteroatoms. The van der Waals surface area contributed by atoms with Gasteiger partial charge in [0.25, 0.3) is 0 Å². The van der Waals surface area contributed by atoms with Crippen LogP contribution in [-0.4, -0.2) is 0 Å². The molecule has 0 aromatic carbocycles. The predicted octanol–water partition coefficient (Wildman–Crippen LogP) is 0.294. The molecule has 0 amide bonds. The molecule has 3 N–H and O–H groups in total. The molecule has 1 aliphatic heterocycles. The van der Waals surface area contributed by atoms with Crippen molar-refractivity contribution in [2.75, 3.05) is 0 Å². The SMILES string of the molecule is NC1=CCC=CN1. The van der Waals surface area contributed by atoms with Gasteiger partial charge in [-0.05, 0) is 18.7 Å². The summed E-state index contributed by atoms with van der Waals surface area (Å²) < 4.78 is 0. The molecular weight excluding hydrogens is 88.1 g/mol. The number of nitrogens with two attached hydrogens (primary N) is 1. The largest absolute Gasteiger partial charge is 0.386 e. The predicted molar refractivity (Wildman–Crippen MR) is 29.2 cm³/mol. The molecule has 1 aliphatic rings. The molecule has 0 aromatic heterocycles. The fourth-order valence-corrected chi connectivity index (χ4v) is 0.477. The van der Waals surface area contributed by atoms with E-state index in [-0.39, 0.29) is 0 Å². The van der Waals surface area contributed by atoms with Gasteiger partial charge in [0.1, 0.15) is 0 Å². The van der Waals surface area contributed by atoms with E-state index in [1.165, 1.54) is 0 Å². The van der Waals surface area contributed by atoms with Gasteiger partial charge < -0.3 is 11.1 Å². The first-order valence-electron chi connectivity index (χ1n) is 2.27. The number of allylic oxidation sites excluding steroid dienone is 2. The Bertz CT molecular complexity index is 113. The summed E-state index contributed by atoms with van der Waals surface area (Å²) in [4.78, 5) is 0. The molecule has 0 fully saturated rings. The second kappa shape index (κ2) is 1.69. The van der Waals surface area contributed by atoms with E-state index in [4.69, 9.17) is 5.73 Å². The first-order chi connectivity index (χ1) is 3.39. The highest BCUT2D eigenvalue weighted by molar-refractivity contribution is 5.07. The maximum absolute atomic E-state index is 5.33. The van der Waals surface area contributed by atoms with Gasteiger partial charge in [0.15, 0.2) is 0 Å². The molecule has 0 aliphatic carbocycles. The Morgan fingerprint density at radius 2 is 2.57 bits per heavy atom. The Kier molecular flexibility index (Phi) is 1.02. The van der Waals surface area contributed by atoms with Gasteiger partial charge in [0.05, 0.1) is 5.82 Å². The summed E-state index contributed by atoms with van der Waals surface area (Å²) in [6.45, 7) is 0. The summed E-state index contributed by atoms with van der Waals surface area (Å²) in [5, 5.41) is 2.84. The van der Waals surface area contributed by atoms with Gasteiger partial charge in [-0.25, -0.2) is 0 Å². The highest BCUT2D eigenvalue weighted by Crippen LogP contribution is 1.91. The lowest BCUT2D eigenvalue weighted by atomic mass is 10.3. The second-order valence-electron chi connectivity index (χ2n) is 1.44. The van der Waals surface area contributed by atoms with Crippen molar-refractivity contribution in [2.24, 2.45) is 5.73 Å². The van der Waals surface area contributed by atoms with Crippen LogP contribution in [0.4, 0.5) is 0 Å². The Labute approximate surface area is 42.7 Å². The van der Waals surface area contributed by atoms with Gasteiger partial charge in [-0.2, -0.15) is 0 Å². The third-order valence-corrected chi connectivity index (χ3v) is 0.842. The van der Waals surface area contributed by atoms with Crippen LogP contribution in [0.1, 0.15) is 6.42 Å². The lowest BCUT2D eigenvalue weighted by Gasteiger charge is -2.02. The van der Waals surface area contributed by atoms with Crippen LogP contribution in [0.25, 0.3) is 0 Å². The van der Waals surface area contributed by atoms with Crippen molar-refractivity contribution in [1.82, 2.24) is 5.32 Å². The lowest BCUT2D eigenvalue weighted by Crippen LogP contribution is -2.15. The molecule has 1 rings (SSSR count). The van der Waals surface area contributed by atoms with E-state index in [2.05, 4.69) is 5.32 Å². The number of hydrogen-bond donors (Lipinski definition) is 2. The van der Waals surface area contributed by atoms with Crippen molar-refractivity contribution in [3.8, 4) is 0 Å². The van der Waals surface area contributed by atoms with Crippen molar-refractivity contribution >= 4 is 0 Å². The Hall–Kier alpha value is -0.920. The van der Waals surface area contributed by atoms with Crippen molar-refractivity contribution in [1.29, 1.82) is 0 Å². The fraction of sp³-hybridized carbons (Fsp3) is 0.200. The van der Waals surface area contributed by atoms with Crippen molar-refractivity contribution in [3.05, 3.63) is 24.2 Å². The molecule has 0 bridgehead atoms. The number of dihydropyridines is 1. The van der Waals surface area contributed by atoms with Crippen LogP contribution in [0.5, 0.6) is 0 Å². The quantitative estimate of drug-likeness (QED) is 0.455. The molecular formula is C5H8N2. The molecule has 0 spiro atoms. The van der Waals surface area contributed by atoms with Crippen LogP contribution in [0, 0.1) is 0 Å². The summed E-state index contributed by atoms with van der Waals surface area (Å²) in [5.74, 6) is 0.752. The summed E-state index contributed by atoms with van der Waals surface area (Å²) in [6, 6.07) is 0. The first kappa shape index (κ1) is 4.24. The van der Waals surface area contributed by atoms with Gasteiger partial charge in [0.2, 0.25) is 0 Å². The van der Waals surface area contributed by atoms with Gasteiger partial charge >= 0.3 is 0 Å². The Morgan fingerprint density at radius 1 is 1.71 bits per heavy atom. The fourth-order valence-electron chi connectivity index (χ4n) is 0.477. The summed E-state index contributed by atoms with van der Waals surface area (Å²) in [5.41, 5.74) is 5.33. The van der Waals surface area contributed by atoms with Crippen LogP contribution >= 0.6 is 0 Å². The van der Waals surface area contributed by atoms with Gasteiger partial charge in [-0.15, -0.1) is 0 Å². The average molecular weight is 96.1 g/mol. The zero-order valence-electron chi connectivity index (χ0n) is 4.02. The molecule has 38 valence electrons. The van der Waals surface area contributed by atoms with E-state index in [9.17, 15) is 0 Å². The summed E-state index contributed by atoms with van der Waals surface area (Å²) in [7, 11) is 0. The van der Waals surface area contributed by atoms with Gasteiger partial charge in [-0.3, -0.25) is 0 Å².